The second-order valence-corrected chi connectivity index (χ2v) is 14.0. The van der Waals surface area contributed by atoms with Gasteiger partial charge in [-0.05, 0) is 94.6 Å². The smallest absolute Gasteiger partial charge is 0.0572 e. The molecule has 1 aliphatic rings. The van der Waals surface area contributed by atoms with E-state index in [-0.39, 0.29) is 0 Å². The van der Waals surface area contributed by atoms with Crippen LogP contribution in [-0.2, 0) is 6.42 Å². The maximum Gasteiger partial charge on any atom is 0.0572 e. The quantitative estimate of drug-likeness (QED) is 0.177. The first-order valence-electron chi connectivity index (χ1n) is 18.1. The van der Waals surface area contributed by atoms with Crippen molar-refractivity contribution in [2.24, 2.45) is 11.8 Å². The molecule has 4 aromatic heterocycles. The summed E-state index contributed by atoms with van der Waals surface area (Å²) < 4.78 is 4.67. The van der Waals surface area contributed by atoms with Gasteiger partial charge in [-0.1, -0.05) is 110 Å². The van der Waals surface area contributed by atoms with Crippen LogP contribution in [0.3, 0.4) is 0 Å². The van der Waals surface area contributed by atoms with Crippen LogP contribution in [0.1, 0.15) is 18.1 Å². The van der Waals surface area contributed by atoms with Gasteiger partial charge in [-0.2, -0.15) is 0 Å². The van der Waals surface area contributed by atoms with E-state index in [0.717, 1.165) is 33.9 Å². The molecule has 248 valence electrons. The zero-order chi connectivity index (χ0) is 34.6. The Bertz CT molecular complexity index is 2710. The van der Waals surface area contributed by atoms with Crippen LogP contribution in [0.25, 0.3) is 71.7 Å². The maximum atomic E-state index is 4.36. The summed E-state index contributed by atoms with van der Waals surface area (Å²) in [5.74, 6) is 0.902. The van der Waals surface area contributed by atoms with Crippen molar-refractivity contribution in [1.82, 2.24) is 19.1 Å². The Morgan fingerprint density at radius 3 is 1.52 bits per heavy atom. The number of pyridine rings is 2. The molecule has 0 bridgehead atoms. The van der Waals surface area contributed by atoms with Crippen LogP contribution < -0.4 is 0 Å². The fourth-order valence-corrected chi connectivity index (χ4v) is 8.21. The van der Waals surface area contributed by atoms with Crippen LogP contribution in [0.5, 0.6) is 0 Å². The molecule has 4 heteroatoms. The van der Waals surface area contributed by atoms with Gasteiger partial charge >= 0.3 is 0 Å². The van der Waals surface area contributed by atoms with Gasteiger partial charge in [0, 0.05) is 57.7 Å². The molecule has 1 aliphatic carbocycles. The molecule has 52 heavy (non-hydrogen) atoms. The number of benzene rings is 5. The number of nitrogens with zero attached hydrogens (tertiary/aromatic N) is 4. The Hall–Kier alpha value is -6.52. The van der Waals surface area contributed by atoms with E-state index in [9.17, 15) is 0 Å². The van der Waals surface area contributed by atoms with Gasteiger partial charge in [-0.15, -0.1) is 0 Å². The first-order chi connectivity index (χ1) is 25.7. The Morgan fingerprint density at radius 2 is 0.981 bits per heavy atom. The molecular weight excluding hydrogens is 633 g/mol. The van der Waals surface area contributed by atoms with Gasteiger partial charge in [-0.25, -0.2) is 0 Å². The lowest BCUT2D eigenvalue weighted by molar-refractivity contribution is 0.506. The first-order valence-corrected chi connectivity index (χ1v) is 18.1. The highest BCUT2D eigenvalue weighted by Gasteiger charge is 2.19. The van der Waals surface area contributed by atoms with Crippen LogP contribution in [0.4, 0.5) is 0 Å². The highest BCUT2D eigenvalue weighted by atomic mass is 15.0. The molecule has 2 atom stereocenters. The minimum Gasteiger partial charge on any atom is -0.309 e. The van der Waals surface area contributed by atoms with Gasteiger partial charge in [0.05, 0.1) is 22.1 Å². The average molecular weight is 669 g/mol. The fourth-order valence-electron chi connectivity index (χ4n) is 8.21. The van der Waals surface area contributed by atoms with Crippen molar-refractivity contribution >= 4 is 49.2 Å². The second-order valence-electron chi connectivity index (χ2n) is 14.0. The standard InChI is InChI=1S/C48H36N4/c1-32-28-38(36-18-22-39(23-19-36)51-45-8-4-2-6-41(45)42-7-3-5-9-46(42)51)15-14-37(32)29-33-10-12-34(13-11-33)35-16-20-40(21-17-35)52-47-24-26-49-30-43(47)44-31-50-27-25-48(44)52/h2-28,30-32,37H,29H2,1H3. The summed E-state index contributed by atoms with van der Waals surface area (Å²) in [5, 5.41) is 4.81. The average Bonchev–Trinajstić information content (AvgIpc) is 3.72. The number of aromatic nitrogens is 4. The van der Waals surface area contributed by atoms with Gasteiger partial charge in [0.1, 0.15) is 0 Å². The summed E-state index contributed by atoms with van der Waals surface area (Å²) in [4.78, 5) is 8.73. The van der Waals surface area contributed by atoms with Crippen LogP contribution in [-0.4, -0.2) is 19.1 Å². The van der Waals surface area contributed by atoms with Gasteiger partial charge in [0.2, 0.25) is 0 Å². The van der Waals surface area contributed by atoms with Crippen molar-refractivity contribution in [3.8, 4) is 22.5 Å². The molecule has 4 nitrogen and oxygen atoms in total. The summed E-state index contributed by atoms with van der Waals surface area (Å²) in [6.45, 7) is 2.35. The third-order valence-corrected chi connectivity index (χ3v) is 10.9. The van der Waals surface area contributed by atoms with Crippen LogP contribution >= 0.6 is 0 Å². The number of hydrogen-bond acceptors (Lipinski definition) is 2. The van der Waals surface area contributed by atoms with E-state index in [0.29, 0.717) is 11.8 Å². The molecule has 9 aromatic rings. The lowest BCUT2D eigenvalue weighted by Crippen LogP contribution is -2.13. The molecule has 4 heterocycles. The highest BCUT2D eigenvalue weighted by molar-refractivity contribution is 6.09. The molecular formula is C48H36N4. The predicted molar refractivity (Wildman–Crippen MR) is 216 cm³/mol. The zero-order valence-corrected chi connectivity index (χ0v) is 28.9. The first kappa shape index (κ1) is 30.3. The maximum absolute atomic E-state index is 4.36. The third kappa shape index (κ3) is 5.06. The zero-order valence-electron chi connectivity index (χ0n) is 28.9. The van der Waals surface area contributed by atoms with Crippen molar-refractivity contribution in [2.45, 2.75) is 13.3 Å². The van der Waals surface area contributed by atoms with Crippen molar-refractivity contribution in [2.75, 3.05) is 0 Å². The van der Waals surface area contributed by atoms with Crippen LogP contribution in [0.15, 0.2) is 176 Å². The van der Waals surface area contributed by atoms with Crippen molar-refractivity contribution in [1.29, 1.82) is 0 Å². The number of hydrogen-bond donors (Lipinski definition) is 0. The van der Waals surface area contributed by atoms with Crippen LogP contribution in [0.2, 0.25) is 0 Å². The number of fused-ring (bicyclic) bond motifs is 6. The van der Waals surface area contributed by atoms with Gasteiger partial charge in [0.25, 0.3) is 0 Å². The van der Waals surface area contributed by atoms with E-state index in [1.165, 1.54) is 55.3 Å². The molecule has 0 fully saturated rings. The molecule has 2 unspecified atom stereocenters. The van der Waals surface area contributed by atoms with Gasteiger partial charge < -0.3 is 9.13 Å². The summed E-state index contributed by atoms with van der Waals surface area (Å²) in [6.07, 6.45) is 15.8. The normalized spacial score (nSPS) is 15.9. The van der Waals surface area contributed by atoms with E-state index < -0.39 is 0 Å². The molecule has 0 aliphatic heterocycles. The van der Waals surface area contributed by atoms with E-state index in [1.54, 1.807) is 0 Å². The number of allylic oxidation sites excluding steroid dienone is 4. The second kappa shape index (κ2) is 12.4. The minimum absolute atomic E-state index is 0.441. The monoisotopic (exact) mass is 668 g/mol. The molecule has 5 aromatic carbocycles. The van der Waals surface area contributed by atoms with E-state index in [1.807, 2.05) is 24.8 Å². The van der Waals surface area contributed by atoms with E-state index in [4.69, 9.17) is 0 Å². The van der Waals surface area contributed by atoms with Gasteiger partial charge in [-0.3, -0.25) is 9.97 Å². The highest BCUT2D eigenvalue weighted by Crippen LogP contribution is 2.35. The van der Waals surface area contributed by atoms with Crippen molar-refractivity contribution in [3.05, 3.63) is 188 Å². The van der Waals surface area contributed by atoms with Crippen LogP contribution in [0, 0.1) is 11.8 Å². The fraction of sp³-hybridized carbons (Fsp3) is 0.0833. The molecule has 0 radical (unpaired) electrons. The number of para-hydroxylation sites is 2. The Kier molecular flexibility index (Phi) is 7.21. The molecule has 0 saturated carbocycles. The third-order valence-electron chi connectivity index (χ3n) is 10.9. The topological polar surface area (TPSA) is 35.6 Å². The number of rotatable bonds is 6. The summed E-state index contributed by atoms with van der Waals surface area (Å²) >= 11 is 0. The Balaban J connectivity index is 0.841. The van der Waals surface area contributed by atoms with Gasteiger partial charge in [0.15, 0.2) is 0 Å². The molecule has 0 amide bonds. The SMILES string of the molecule is CC1C=C(c2ccc(-n3c4ccccc4c4ccccc43)cc2)C=CC1Cc1ccc(-c2ccc(-n3c4ccncc4c4cnccc43)cc2)cc1. The molecule has 10 rings (SSSR count). The largest absolute Gasteiger partial charge is 0.309 e. The molecule has 0 saturated heterocycles. The lowest BCUT2D eigenvalue weighted by Gasteiger charge is -2.23. The van der Waals surface area contributed by atoms with Crippen molar-refractivity contribution < 1.29 is 0 Å². The van der Waals surface area contributed by atoms with E-state index in [2.05, 4.69) is 178 Å². The lowest BCUT2D eigenvalue weighted by atomic mass is 9.81. The predicted octanol–water partition coefficient (Wildman–Crippen LogP) is 11.8. The Labute approximate surface area is 302 Å². The Morgan fingerprint density at radius 1 is 0.500 bits per heavy atom. The van der Waals surface area contributed by atoms with Crippen molar-refractivity contribution in [3.63, 3.8) is 0 Å². The molecule has 0 N–H and O–H groups in total. The molecule has 0 spiro atoms. The summed E-state index contributed by atoms with van der Waals surface area (Å²) in [5.41, 5.74) is 13.4. The summed E-state index contributed by atoms with van der Waals surface area (Å²) in [6, 6.07) is 48.5. The van der Waals surface area contributed by atoms with E-state index >= 15 is 0 Å². The minimum atomic E-state index is 0.441. The summed E-state index contributed by atoms with van der Waals surface area (Å²) in [7, 11) is 0.